The highest BCUT2D eigenvalue weighted by molar-refractivity contribution is 5.98. The van der Waals surface area contributed by atoms with E-state index in [9.17, 15) is 9.90 Å². The molecule has 0 saturated heterocycles. The summed E-state index contributed by atoms with van der Waals surface area (Å²) in [4.78, 5) is 11.9. The Morgan fingerprint density at radius 3 is 2.79 bits per heavy atom. The molecule has 1 aliphatic rings. The zero-order valence-electron chi connectivity index (χ0n) is 11.5. The molecule has 1 fully saturated rings. The van der Waals surface area contributed by atoms with E-state index in [2.05, 4.69) is 0 Å². The first-order valence-corrected chi connectivity index (χ1v) is 7.19. The highest BCUT2D eigenvalue weighted by Gasteiger charge is 2.24. The first-order valence-electron chi connectivity index (χ1n) is 7.19. The van der Waals surface area contributed by atoms with Gasteiger partial charge in [0.15, 0.2) is 5.78 Å². The van der Waals surface area contributed by atoms with Crippen molar-refractivity contribution < 1.29 is 14.6 Å². The van der Waals surface area contributed by atoms with Gasteiger partial charge in [-0.25, -0.2) is 0 Å². The standard InChI is InChI=1S/C16H22O3/c1-2-13(17)12-8-6-7-10-15(12)19-16-11-5-3-4-9-14(16)18/h6-8,10,14,16,18H,2-5,9,11H2,1H3. The van der Waals surface area contributed by atoms with Gasteiger partial charge in [-0.2, -0.15) is 0 Å². The van der Waals surface area contributed by atoms with E-state index in [0.29, 0.717) is 17.7 Å². The molecule has 0 aliphatic heterocycles. The van der Waals surface area contributed by atoms with Crippen molar-refractivity contribution in [1.82, 2.24) is 0 Å². The van der Waals surface area contributed by atoms with E-state index in [4.69, 9.17) is 4.74 Å². The van der Waals surface area contributed by atoms with Gasteiger partial charge in [-0.15, -0.1) is 0 Å². The third kappa shape index (κ3) is 3.57. The van der Waals surface area contributed by atoms with Crippen LogP contribution in [0, 0.1) is 0 Å². The molecule has 2 unspecified atom stereocenters. The van der Waals surface area contributed by atoms with Gasteiger partial charge in [0.25, 0.3) is 0 Å². The number of aliphatic hydroxyl groups is 1. The fourth-order valence-electron chi connectivity index (χ4n) is 2.54. The molecule has 0 bridgehead atoms. The van der Waals surface area contributed by atoms with Gasteiger partial charge in [-0.3, -0.25) is 4.79 Å². The maximum Gasteiger partial charge on any atom is 0.166 e. The van der Waals surface area contributed by atoms with Crippen LogP contribution in [0.1, 0.15) is 55.8 Å². The van der Waals surface area contributed by atoms with Crippen molar-refractivity contribution in [3.8, 4) is 5.75 Å². The van der Waals surface area contributed by atoms with Crippen molar-refractivity contribution in [3.63, 3.8) is 0 Å². The number of ketones is 1. The van der Waals surface area contributed by atoms with Gasteiger partial charge in [-0.1, -0.05) is 31.9 Å². The van der Waals surface area contributed by atoms with Crippen molar-refractivity contribution >= 4 is 5.78 Å². The molecule has 3 heteroatoms. The molecule has 1 aliphatic carbocycles. The highest BCUT2D eigenvalue weighted by atomic mass is 16.5. The molecule has 1 N–H and O–H groups in total. The largest absolute Gasteiger partial charge is 0.487 e. The number of hydrogen-bond donors (Lipinski definition) is 1. The molecule has 1 aromatic rings. The Morgan fingerprint density at radius 2 is 2.00 bits per heavy atom. The minimum atomic E-state index is -0.424. The van der Waals surface area contributed by atoms with Gasteiger partial charge in [0.1, 0.15) is 11.9 Å². The molecule has 104 valence electrons. The number of ether oxygens (including phenoxy) is 1. The summed E-state index contributed by atoms with van der Waals surface area (Å²) in [5, 5.41) is 10.1. The first-order chi connectivity index (χ1) is 9.22. The minimum Gasteiger partial charge on any atom is -0.487 e. The minimum absolute atomic E-state index is 0.0821. The number of rotatable bonds is 4. The Labute approximate surface area is 114 Å². The molecule has 0 amide bonds. The molecule has 19 heavy (non-hydrogen) atoms. The summed E-state index contributed by atoms with van der Waals surface area (Å²) in [6.45, 7) is 1.85. The van der Waals surface area contributed by atoms with Crippen LogP contribution in [0.2, 0.25) is 0 Å². The van der Waals surface area contributed by atoms with Crippen LogP contribution in [0.3, 0.4) is 0 Å². The summed E-state index contributed by atoms with van der Waals surface area (Å²) in [7, 11) is 0. The molecule has 1 aromatic carbocycles. The van der Waals surface area contributed by atoms with Gasteiger partial charge in [-0.05, 0) is 31.4 Å². The predicted octanol–water partition coefficient (Wildman–Crippen LogP) is 3.35. The third-order valence-corrected chi connectivity index (χ3v) is 3.70. The number of para-hydroxylation sites is 1. The number of carbonyl (C=O) groups excluding carboxylic acids is 1. The van der Waals surface area contributed by atoms with Crippen LogP contribution in [0.5, 0.6) is 5.75 Å². The molecule has 2 atom stereocenters. The Morgan fingerprint density at radius 1 is 1.26 bits per heavy atom. The number of aliphatic hydroxyl groups excluding tert-OH is 1. The van der Waals surface area contributed by atoms with Crippen molar-refractivity contribution in [3.05, 3.63) is 29.8 Å². The Balaban J connectivity index is 2.15. The summed E-state index contributed by atoms with van der Waals surface area (Å²) < 4.78 is 5.93. The van der Waals surface area contributed by atoms with Crippen molar-refractivity contribution in [2.75, 3.05) is 0 Å². The van der Waals surface area contributed by atoms with Crippen LogP contribution in [-0.4, -0.2) is 23.1 Å². The van der Waals surface area contributed by atoms with Crippen LogP contribution < -0.4 is 4.74 Å². The van der Waals surface area contributed by atoms with Crippen molar-refractivity contribution in [1.29, 1.82) is 0 Å². The van der Waals surface area contributed by atoms with Gasteiger partial charge in [0.05, 0.1) is 11.7 Å². The van der Waals surface area contributed by atoms with Crippen LogP contribution >= 0.6 is 0 Å². The third-order valence-electron chi connectivity index (χ3n) is 3.70. The average Bonchev–Trinajstić information content (AvgIpc) is 2.64. The van der Waals surface area contributed by atoms with Crippen molar-refractivity contribution in [2.45, 2.75) is 57.7 Å². The zero-order valence-corrected chi connectivity index (χ0v) is 11.5. The van der Waals surface area contributed by atoms with Crippen LogP contribution in [0.15, 0.2) is 24.3 Å². The predicted molar refractivity (Wildman–Crippen MR) is 74.6 cm³/mol. The maximum atomic E-state index is 11.9. The van der Waals surface area contributed by atoms with Crippen molar-refractivity contribution in [2.24, 2.45) is 0 Å². The van der Waals surface area contributed by atoms with E-state index in [1.807, 2.05) is 25.1 Å². The summed E-state index contributed by atoms with van der Waals surface area (Å²) in [5.74, 6) is 0.694. The first kappa shape index (κ1) is 14.1. The number of Topliss-reactive ketones (excluding diaryl/α,β-unsaturated/α-hetero) is 1. The molecular formula is C16H22O3. The maximum absolute atomic E-state index is 11.9. The molecule has 0 spiro atoms. The number of hydrogen-bond acceptors (Lipinski definition) is 3. The second kappa shape index (κ2) is 6.71. The normalized spacial score (nSPS) is 23.7. The molecular weight excluding hydrogens is 240 g/mol. The van der Waals surface area contributed by atoms with Crippen LogP contribution in [-0.2, 0) is 0 Å². The highest BCUT2D eigenvalue weighted by Crippen LogP contribution is 2.26. The molecule has 3 nitrogen and oxygen atoms in total. The van der Waals surface area contributed by atoms with Crippen LogP contribution in [0.25, 0.3) is 0 Å². The Hall–Kier alpha value is -1.35. The van der Waals surface area contributed by atoms with Crippen LogP contribution in [0.4, 0.5) is 0 Å². The summed E-state index contributed by atoms with van der Waals surface area (Å²) in [5.41, 5.74) is 0.626. The summed E-state index contributed by atoms with van der Waals surface area (Å²) >= 11 is 0. The van der Waals surface area contributed by atoms with E-state index in [0.717, 1.165) is 32.1 Å². The second-order valence-corrected chi connectivity index (χ2v) is 5.13. The van der Waals surface area contributed by atoms with E-state index in [1.54, 1.807) is 6.07 Å². The van der Waals surface area contributed by atoms with Gasteiger partial charge in [0, 0.05) is 6.42 Å². The fourth-order valence-corrected chi connectivity index (χ4v) is 2.54. The van der Waals surface area contributed by atoms with E-state index < -0.39 is 6.10 Å². The Kier molecular flexibility index (Phi) is 4.97. The molecule has 0 heterocycles. The smallest absolute Gasteiger partial charge is 0.166 e. The number of carbonyl (C=O) groups is 1. The molecule has 2 rings (SSSR count). The second-order valence-electron chi connectivity index (χ2n) is 5.13. The van der Waals surface area contributed by atoms with Gasteiger partial charge >= 0.3 is 0 Å². The molecule has 0 aromatic heterocycles. The van der Waals surface area contributed by atoms with E-state index in [1.165, 1.54) is 0 Å². The zero-order chi connectivity index (χ0) is 13.7. The average molecular weight is 262 g/mol. The quantitative estimate of drug-likeness (QED) is 0.668. The lowest BCUT2D eigenvalue weighted by Gasteiger charge is -2.23. The summed E-state index contributed by atoms with van der Waals surface area (Å²) in [6.07, 6.45) is 4.77. The lowest BCUT2D eigenvalue weighted by molar-refractivity contribution is 0.0313. The van der Waals surface area contributed by atoms with E-state index >= 15 is 0 Å². The molecule has 1 saturated carbocycles. The lowest BCUT2D eigenvalue weighted by Crippen LogP contribution is -2.31. The number of benzene rings is 1. The molecule has 0 radical (unpaired) electrons. The lowest BCUT2D eigenvalue weighted by atomic mass is 10.1. The Bertz CT molecular complexity index is 428. The van der Waals surface area contributed by atoms with Gasteiger partial charge in [0.2, 0.25) is 0 Å². The topological polar surface area (TPSA) is 46.5 Å². The summed E-state index contributed by atoms with van der Waals surface area (Å²) in [6, 6.07) is 7.33. The van der Waals surface area contributed by atoms with Gasteiger partial charge < -0.3 is 9.84 Å². The fraction of sp³-hybridized carbons (Fsp3) is 0.562. The monoisotopic (exact) mass is 262 g/mol. The SMILES string of the molecule is CCC(=O)c1ccccc1OC1CCCCCC1O. The van der Waals surface area contributed by atoms with E-state index in [-0.39, 0.29) is 11.9 Å².